The lowest BCUT2D eigenvalue weighted by atomic mass is 10.3. The van der Waals surface area contributed by atoms with Gasteiger partial charge in [-0.15, -0.1) is 0 Å². The van der Waals surface area contributed by atoms with Gasteiger partial charge in [0.05, 0.1) is 25.9 Å². The zero-order valence-corrected chi connectivity index (χ0v) is 10.2. The molecule has 0 aromatic carbocycles. The normalized spacial score (nSPS) is 20.9. The van der Waals surface area contributed by atoms with Crippen LogP contribution in [0.1, 0.15) is 0 Å². The minimum atomic E-state index is -3.47. The van der Waals surface area contributed by atoms with E-state index in [-0.39, 0.29) is 13.2 Å². The molecule has 1 aliphatic heterocycles. The van der Waals surface area contributed by atoms with Crippen molar-refractivity contribution >= 4 is 10.2 Å². The first kappa shape index (κ1) is 13.8. The maximum Gasteiger partial charge on any atom is 0.279 e. The van der Waals surface area contributed by atoms with Crippen molar-refractivity contribution in [2.24, 2.45) is 5.73 Å². The molecule has 16 heavy (non-hydrogen) atoms. The number of ether oxygens (including phenoxy) is 2. The molecule has 0 aromatic rings. The Balaban J connectivity index is 2.54. The lowest BCUT2D eigenvalue weighted by molar-refractivity contribution is 0.0720. The van der Waals surface area contributed by atoms with Crippen LogP contribution in [0.4, 0.5) is 0 Å². The summed E-state index contributed by atoms with van der Waals surface area (Å²) in [7, 11) is -1.97. The van der Waals surface area contributed by atoms with Gasteiger partial charge < -0.3 is 15.2 Å². The van der Waals surface area contributed by atoms with Crippen LogP contribution in [0, 0.1) is 0 Å². The van der Waals surface area contributed by atoms with Crippen LogP contribution in [0.25, 0.3) is 0 Å². The molecule has 1 rings (SSSR count). The third-order valence-electron chi connectivity index (χ3n) is 2.28. The number of hydrogen-bond acceptors (Lipinski definition) is 5. The molecule has 8 heteroatoms. The average Bonchev–Trinajstić information content (AvgIpc) is 2.29. The second-order valence-corrected chi connectivity index (χ2v) is 5.22. The maximum absolute atomic E-state index is 11.9. The van der Waals surface area contributed by atoms with Gasteiger partial charge in [0, 0.05) is 26.7 Å². The van der Waals surface area contributed by atoms with E-state index in [9.17, 15) is 8.42 Å². The summed E-state index contributed by atoms with van der Waals surface area (Å²) in [5, 5.41) is 0. The van der Waals surface area contributed by atoms with Crippen LogP contribution in [-0.4, -0.2) is 65.3 Å². The summed E-state index contributed by atoms with van der Waals surface area (Å²) in [6, 6.07) is -0.391. The van der Waals surface area contributed by atoms with Gasteiger partial charge in [0.1, 0.15) is 0 Å². The second kappa shape index (κ2) is 6.48. The molecule has 1 saturated heterocycles. The monoisotopic (exact) mass is 253 g/mol. The van der Waals surface area contributed by atoms with Crippen molar-refractivity contribution in [3.63, 3.8) is 0 Å². The summed E-state index contributed by atoms with van der Waals surface area (Å²) in [6.45, 7) is 2.08. The van der Waals surface area contributed by atoms with Gasteiger partial charge in [-0.3, -0.25) is 0 Å². The van der Waals surface area contributed by atoms with Crippen LogP contribution in [-0.2, 0) is 19.7 Å². The highest BCUT2D eigenvalue weighted by Crippen LogP contribution is 2.03. The number of rotatable bonds is 6. The van der Waals surface area contributed by atoms with Gasteiger partial charge in [0.15, 0.2) is 0 Å². The molecule has 1 unspecified atom stereocenters. The van der Waals surface area contributed by atoms with Crippen molar-refractivity contribution in [2.45, 2.75) is 6.04 Å². The van der Waals surface area contributed by atoms with Crippen LogP contribution >= 0.6 is 0 Å². The van der Waals surface area contributed by atoms with E-state index >= 15 is 0 Å². The number of nitrogens with one attached hydrogen (secondary N) is 1. The summed E-state index contributed by atoms with van der Waals surface area (Å²) in [5.41, 5.74) is 5.45. The molecule has 96 valence electrons. The van der Waals surface area contributed by atoms with Gasteiger partial charge in [-0.25, -0.2) is 0 Å². The van der Waals surface area contributed by atoms with Crippen LogP contribution < -0.4 is 10.5 Å². The predicted octanol–water partition coefficient (Wildman–Crippen LogP) is -1.87. The molecule has 0 amide bonds. The highest BCUT2D eigenvalue weighted by atomic mass is 32.2. The highest BCUT2D eigenvalue weighted by molar-refractivity contribution is 7.87. The fraction of sp³-hybridized carbons (Fsp3) is 1.00. The molecule has 1 fully saturated rings. The van der Waals surface area contributed by atoms with Crippen molar-refractivity contribution < 1.29 is 17.9 Å². The summed E-state index contributed by atoms with van der Waals surface area (Å²) in [6.07, 6.45) is 0. The van der Waals surface area contributed by atoms with Crippen LogP contribution in [0.15, 0.2) is 0 Å². The SMILES string of the molecule is COCC(CN)NS(=O)(=O)N1CCOCC1. The molecule has 3 N–H and O–H groups in total. The quantitative estimate of drug-likeness (QED) is 0.578. The molecule has 0 bridgehead atoms. The molecule has 1 heterocycles. The molecule has 0 saturated carbocycles. The molecule has 1 aliphatic rings. The van der Waals surface area contributed by atoms with Crippen molar-refractivity contribution in [3.05, 3.63) is 0 Å². The largest absolute Gasteiger partial charge is 0.383 e. The number of methoxy groups -OCH3 is 1. The van der Waals surface area contributed by atoms with E-state index in [4.69, 9.17) is 15.2 Å². The van der Waals surface area contributed by atoms with E-state index in [1.165, 1.54) is 11.4 Å². The number of nitrogens with two attached hydrogens (primary N) is 1. The molecule has 0 aromatic heterocycles. The van der Waals surface area contributed by atoms with Gasteiger partial charge >= 0.3 is 0 Å². The van der Waals surface area contributed by atoms with Gasteiger partial charge in [0.2, 0.25) is 0 Å². The number of morpholine rings is 1. The first-order chi connectivity index (χ1) is 7.60. The molecule has 0 spiro atoms. The molecule has 0 radical (unpaired) electrons. The Hall–Kier alpha value is -0.250. The van der Waals surface area contributed by atoms with Gasteiger partial charge in [-0.2, -0.15) is 17.4 Å². The van der Waals surface area contributed by atoms with E-state index < -0.39 is 16.3 Å². The fourth-order valence-corrected chi connectivity index (χ4v) is 2.79. The van der Waals surface area contributed by atoms with E-state index in [1.54, 1.807) is 0 Å². The summed E-state index contributed by atoms with van der Waals surface area (Å²) in [4.78, 5) is 0. The van der Waals surface area contributed by atoms with E-state index in [2.05, 4.69) is 4.72 Å². The summed E-state index contributed by atoms with van der Waals surface area (Å²) < 4.78 is 37.6. The lowest BCUT2D eigenvalue weighted by Gasteiger charge is -2.28. The fourth-order valence-electron chi connectivity index (χ4n) is 1.42. The van der Waals surface area contributed by atoms with Gasteiger partial charge in [-0.1, -0.05) is 0 Å². The third-order valence-corrected chi connectivity index (χ3v) is 3.95. The Morgan fingerprint density at radius 3 is 2.62 bits per heavy atom. The summed E-state index contributed by atoms with van der Waals surface area (Å²) >= 11 is 0. The Kier molecular flexibility index (Phi) is 5.59. The first-order valence-corrected chi connectivity index (χ1v) is 6.58. The minimum absolute atomic E-state index is 0.206. The second-order valence-electron chi connectivity index (χ2n) is 3.52. The molecular weight excluding hydrogens is 234 g/mol. The van der Waals surface area contributed by atoms with E-state index in [0.717, 1.165) is 0 Å². The Morgan fingerprint density at radius 1 is 1.50 bits per heavy atom. The van der Waals surface area contributed by atoms with Gasteiger partial charge in [0.25, 0.3) is 10.2 Å². The topological polar surface area (TPSA) is 93.9 Å². The zero-order chi connectivity index (χ0) is 12.0. The number of hydrogen-bond donors (Lipinski definition) is 2. The van der Waals surface area contributed by atoms with Crippen molar-refractivity contribution in [3.8, 4) is 0 Å². The number of nitrogens with zero attached hydrogens (tertiary/aromatic N) is 1. The standard InChI is InChI=1S/C8H19N3O4S/c1-14-7-8(6-9)10-16(12,13)11-2-4-15-5-3-11/h8,10H,2-7,9H2,1H3. The predicted molar refractivity (Wildman–Crippen MR) is 59.2 cm³/mol. The van der Waals surface area contributed by atoms with Crippen LogP contribution in [0.5, 0.6) is 0 Å². The maximum atomic E-state index is 11.9. The Labute approximate surface area is 96.1 Å². The minimum Gasteiger partial charge on any atom is -0.383 e. The Morgan fingerprint density at radius 2 is 2.12 bits per heavy atom. The average molecular weight is 253 g/mol. The Bertz CT molecular complexity index is 290. The molecule has 0 aliphatic carbocycles. The first-order valence-electron chi connectivity index (χ1n) is 5.14. The van der Waals surface area contributed by atoms with Crippen molar-refractivity contribution in [1.82, 2.24) is 9.03 Å². The molecule has 1 atom stereocenters. The van der Waals surface area contributed by atoms with Crippen molar-refractivity contribution in [1.29, 1.82) is 0 Å². The third kappa shape index (κ3) is 3.96. The van der Waals surface area contributed by atoms with Crippen LogP contribution in [0.2, 0.25) is 0 Å². The van der Waals surface area contributed by atoms with Crippen molar-refractivity contribution in [2.75, 3.05) is 46.6 Å². The van der Waals surface area contributed by atoms with E-state index in [1.807, 2.05) is 0 Å². The van der Waals surface area contributed by atoms with E-state index in [0.29, 0.717) is 26.3 Å². The zero-order valence-electron chi connectivity index (χ0n) is 9.39. The smallest absolute Gasteiger partial charge is 0.279 e. The highest BCUT2D eigenvalue weighted by Gasteiger charge is 2.26. The van der Waals surface area contributed by atoms with Gasteiger partial charge in [-0.05, 0) is 0 Å². The molecular formula is C8H19N3O4S. The molecule has 7 nitrogen and oxygen atoms in total. The lowest BCUT2D eigenvalue weighted by Crippen LogP contribution is -2.52. The summed E-state index contributed by atoms with van der Waals surface area (Å²) in [5.74, 6) is 0. The van der Waals surface area contributed by atoms with Crippen LogP contribution in [0.3, 0.4) is 0 Å².